The SMILES string of the molecule is O=C(O)c1cc(N=Nc2ccc(S(=O)(=O)N[C@@H](O)CO)cc2)ccc1O. The van der Waals surface area contributed by atoms with E-state index >= 15 is 0 Å². The number of aliphatic hydroxyl groups excluding tert-OH is 2. The van der Waals surface area contributed by atoms with Gasteiger partial charge >= 0.3 is 5.97 Å². The Morgan fingerprint density at radius 2 is 1.65 bits per heavy atom. The number of phenols is 1. The fraction of sp³-hybridized carbons (Fsp3) is 0.133. The fourth-order valence-corrected chi connectivity index (χ4v) is 2.91. The normalized spacial score (nSPS) is 13.0. The molecule has 10 nitrogen and oxygen atoms in total. The number of azo groups is 1. The number of aromatic hydroxyl groups is 1. The van der Waals surface area contributed by atoms with Crippen LogP contribution in [0.4, 0.5) is 11.4 Å². The Morgan fingerprint density at radius 1 is 1.08 bits per heavy atom. The van der Waals surface area contributed by atoms with Gasteiger partial charge in [-0.1, -0.05) is 0 Å². The third kappa shape index (κ3) is 4.83. The van der Waals surface area contributed by atoms with E-state index in [1.54, 1.807) is 0 Å². The fourth-order valence-electron chi connectivity index (χ4n) is 1.85. The Morgan fingerprint density at radius 3 is 2.23 bits per heavy atom. The topological polar surface area (TPSA) is 169 Å². The summed E-state index contributed by atoms with van der Waals surface area (Å²) in [6.07, 6.45) is -1.61. The van der Waals surface area contributed by atoms with Crippen LogP contribution < -0.4 is 4.72 Å². The van der Waals surface area contributed by atoms with Crippen molar-refractivity contribution >= 4 is 27.4 Å². The zero-order valence-corrected chi connectivity index (χ0v) is 14.0. The van der Waals surface area contributed by atoms with E-state index in [1.807, 2.05) is 4.72 Å². The molecular formula is C15H15N3O7S. The van der Waals surface area contributed by atoms with Crippen molar-refractivity contribution in [2.24, 2.45) is 10.2 Å². The van der Waals surface area contributed by atoms with Gasteiger partial charge in [-0.2, -0.15) is 15.0 Å². The van der Waals surface area contributed by atoms with Crippen LogP contribution in [-0.2, 0) is 10.0 Å². The maximum atomic E-state index is 11.9. The lowest BCUT2D eigenvalue weighted by Crippen LogP contribution is -2.37. The van der Waals surface area contributed by atoms with Crippen molar-refractivity contribution in [3.05, 3.63) is 48.0 Å². The van der Waals surface area contributed by atoms with Crippen LogP contribution in [0.3, 0.4) is 0 Å². The molecule has 138 valence electrons. The second-order valence-corrected chi connectivity index (χ2v) is 6.73. The number of sulfonamides is 1. The van der Waals surface area contributed by atoms with Crippen molar-refractivity contribution in [3.8, 4) is 5.75 Å². The molecule has 0 aliphatic heterocycles. The lowest BCUT2D eigenvalue weighted by atomic mass is 10.2. The summed E-state index contributed by atoms with van der Waals surface area (Å²) in [6.45, 7) is -0.767. The van der Waals surface area contributed by atoms with Crippen LogP contribution in [0.15, 0.2) is 57.6 Å². The molecule has 2 aromatic carbocycles. The van der Waals surface area contributed by atoms with Gasteiger partial charge in [-0.25, -0.2) is 13.2 Å². The molecule has 0 saturated carbocycles. The summed E-state index contributed by atoms with van der Waals surface area (Å²) < 4.78 is 25.7. The largest absolute Gasteiger partial charge is 0.507 e. The van der Waals surface area contributed by atoms with Crippen molar-refractivity contribution in [1.29, 1.82) is 0 Å². The molecule has 2 aromatic rings. The average molecular weight is 381 g/mol. The summed E-state index contributed by atoms with van der Waals surface area (Å²) in [5.41, 5.74) is 0.151. The Labute approximate surface area is 148 Å². The van der Waals surface area contributed by atoms with Crippen LogP contribution >= 0.6 is 0 Å². The second kappa shape index (κ2) is 8.01. The minimum absolute atomic E-state index is 0.151. The molecule has 0 aliphatic rings. The predicted molar refractivity (Wildman–Crippen MR) is 89.1 cm³/mol. The molecule has 2 rings (SSSR count). The first-order valence-corrected chi connectivity index (χ1v) is 8.60. The van der Waals surface area contributed by atoms with E-state index in [0.717, 1.165) is 6.07 Å². The zero-order valence-electron chi connectivity index (χ0n) is 13.1. The second-order valence-electron chi connectivity index (χ2n) is 5.02. The first-order chi connectivity index (χ1) is 12.2. The number of benzene rings is 2. The highest BCUT2D eigenvalue weighted by atomic mass is 32.2. The molecule has 0 saturated heterocycles. The van der Waals surface area contributed by atoms with Gasteiger partial charge in [0, 0.05) is 0 Å². The quantitative estimate of drug-likeness (QED) is 0.353. The van der Waals surface area contributed by atoms with E-state index in [0.29, 0.717) is 0 Å². The molecule has 0 fully saturated rings. The van der Waals surface area contributed by atoms with Gasteiger partial charge < -0.3 is 20.4 Å². The molecule has 26 heavy (non-hydrogen) atoms. The summed E-state index contributed by atoms with van der Waals surface area (Å²) in [6, 6.07) is 8.82. The smallest absolute Gasteiger partial charge is 0.339 e. The maximum absolute atomic E-state index is 11.9. The lowest BCUT2D eigenvalue weighted by molar-refractivity contribution is 0.0693. The van der Waals surface area contributed by atoms with E-state index in [1.165, 1.54) is 36.4 Å². The predicted octanol–water partition coefficient (Wildman–Crippen LogP) is 1.09. The Balaban J connectivity index is 2.18. The van der Waals surface area contributed by atoms with Gasteiger partial charge in [-0.05, 0) is 42.5 Å². The number of hydrogen-bond acceptors (Lipinski definition) is 8. The van der Waals surface area contributed by atoms with E-state index in [9.17, 15) is 18.3 Å². The van der Waals surface area contributed by atoms with Gasteiger partial charge in [0.15, 0.2) is 0 Å². The standard InChI is InChI=1S/C15H15N3O7S/c19-8-14(21)18-26(24,25)11-4-1-9(2-5-11)16-17-10-3-6-13(20)12(7-10)15(22)23/h1-7,14,18-21H,8H2,(H,22,23)/t14-/m0/s1. The first kappa shape index (κ1) is 19.5. The number of nitrogens with one attached hydrogen (secondary N) is 1. The van der Waals surface area contributed by atoms with E-state index in [2.05, 4.69) is 10.2 Å². The van der Waals surface area contributed by atoms with Crippen LogP contribution in [-0.4, -0.2) is 47.6 Å². The van der Waals surface area contributed by atoms with Gasteiger partial charge in [-0.15, -0.1) is 0 Å². The van der Waals surface area contributed by atoms with Crippen molar-refractivity contribution in [2.75, 3.05) is 6.61 Å². The van der Waals surface area contributed by atoms with Crippen molar-refractivity contribution in [1.82, 2.24) is 4.72 Å². The van der Waals surface area contributed by atoms with Gasteiger partial charge in [0.05, 0.1) is 22.9 Å². The average Bonchev–Trinajstić information content (AvgIpc) is 2.60. The highest BCUT2D eigenvalue weighted by molar-refractivity contribution is 7.89. The Kier molecular flexibility index (Phi) is 6.00. The highest BCUT2D eigenvalue weighted by Gasteiger charge is 2.17. The molecule has 0 aromatic heterocycles. The molecule has 5 N–H and O–H groups in total. The van der Waals surface area contributed by atoms with Gasteiger partial charge in [0.1, 0.15) is 17.5 Å². The van der Waals surface area contributed by atoms with Gasteiger partial charge in [0.25, 0.3) is 0 Å². The summed E-state index contributed by atoms with van der Waals surface area (Å²) >= 11 is 0. The van der Waals surface area contributed by atoms with Crippen LogP contribution in [0.2, 0.25) is 0 Å². The van der Waals surface area contributed by atoms with Crippen molar-refractivity contribution in [3.63, 3.8) is 0 Å². The van der Waals surface area contributed by atoms with Crippen molar-refractivity contribution in [2.45, 2.75) is 11.1 Å². The van der Waals surface area contributed by atoms with Crippen LogP contribution in [0.1, 0.15) is 10.4 Å². The third-order valence-electron chi connectivity index (χ3n) is 3.10. The number of nitrogens with zero attached hydrogens (tertiary/aromatic N) is 2. The number of carboxylic acids is 1. The number of rotatable bonds is 7. The Hall–Kier alpha value is -2.86. The monoisotopic (exact) mass is 381 g/mol. The molecule has 0 aliphatic carbocycles. The lowest BCUT2D eigenvalue weighted by Gasteiger charge is -2.10. The highest BCUT2D eigenvalue weighted by Crippen LogP contribution is 2.25. The maximum Gasteiger partial charge on any atom is 0.339 e. The molecule has 0 amide bonds. The van der Waals surface area contributed by atoms with Crippen LogP contribution in [0.5, 0.6) is 5.75 Å². The van der Waals surface area contributed by atoms with E-state index in [-0.39, 0.29) is 21.8 Å². The number of carboxylic acid groups (broad SMARTS) is 1. The minimum atomic E-state index is -4.00. The molecule has 0 heterocycles. The first-order valence-electron chi connectivity index (χ1n) is 7.12. The summed E-state index contributed by atoms with van der Waals surface area (Å²) in [5, 5.41) is 43.9. The van der Waals surface area contributed by atoms with E-state index < -0.39 is 34.6 Å². The molecule has 11 heteroatoms. The minimum Gasteiger partial charge on any atom is -0.507 e. The number of carbonyl (C=O) groups is 1. The number of aliphatic hydroxyl groups is 2. The molecule has 0 bridgehead atoms. The zero-order chi connectivity index (χ0) is 19.3. The third-order valence-corrected chi connectivity index (χ3v) is 4.58. The number of aromatic carboxylic acids is 1. The summed E-state index contributed by atoms with van der Waals surface area (Å²) in [7, 11) is -4.00. The molecule has 0 radical (unpaired) electrons. The molecule has 0 unspecified atom stereocenters. The molecule has 1 atom stereocenters. The molecular weight excluding hydrogens is 366 g/mol. The van der Waals surface area contributed by atoms with E-state index in [4.69, 9.17) is 15.3 Å². The summed E-state index contributed by atoms with van der Waals surface area (Å²) in [5.74, 6) is -1.71. The van der Waals surface area contributed by atoms with Crippen molar-refractivity contribution < 1.29 is 33.6 Å². The van der Waals surface area contributed by atoms with Gasteiger partial charge in [0.2, 0.25) is 10.0 Å². The summed E-state index contributed by atoms with van der Waals surface area (Å²) in [4.78, 5) is 10.8. The number of hydrogen-bond donors (Lipinski definition) is 5. The Bertz CT molecular complexity index is 927. The van der Waals surface area contributed by atoms with Gasteiger partial charge in [-0.3, -0.25) is 0 Å². The van der Waals surface area contributed by atoms with Crippen LogP contribution in [0.25, 0.3) is 0 Å². The molecule has 0 spiro atoms. The van der Waals surface area contributed by atoms with Crippen LogP contribution in [0, 0.1) is 0 Å².